The molecule has 4 rings (SSSR count). The van der Waals surface area contributed by atoms with Crippen LogP contribution in [0.1, 0.15) is 105 Å². The predicted octanol–water partition coefficient (Wildman–Crippen LogP) is 6.27. The van der Waals surface area contributed by atoms with Crippen molar-refractivity contribution in [2.75, 3.05) is 0 Å². The van der Waals surface area contributed by atoms with Crippen molar-refractivity contribution in [2.45, 2.75) is 117 Å². The first kappa shape index (κ1) is 25.9. The van der Waals surface area contributed by atoms with E-state index in [1.54, 1.807) is 0 Å². The lowest BCUT2D eigenvalue weighted by molar-refractivity contribution is -0.164. The van der Waals surface area contributed by atoms with Crippen molar-refractivity contribution in [1.29, 1.82) is 0 Å². The van der Waals surface area contributed by atoms with Gasteiger partial charge in [-0.05, 0) is 110 Å². The molecule has 0 saturated heterocycles. The Hall–Kier alpha value is -0.170. The van der Waals surface area contributed by atoms with E-state index in [2.05, 4.69) is 20.8 Å². The van der Waals surface area contributed by atoms with Gasteiger partial charge >= 0.3 is 10.4 Å². The van der Waals surface area contributed by atoms with Crippen molar-refractivity contribution in [1.82, 2.24) is 0 Å². The lowest BCUT2D eigenvalue weighted by atomic mass is 9.44. The van der Waals surface area contributed by atoms with E-state index >= 15 is 0 Å². The Balaban J connectivity index is 1.47. The minimum absolute atomic E-state index is 0.0306. The van der Waals surface area contributed by atoms with E-state index in [0.29, 0.717) is 47.3 Å². The van der Waals surface area contributed by atoms with Gasteiger partial charge < -0.3 is 5.11 Å². The second kappa shape index (κ2) is 9.37. The molecule has 0 amide bonds. The summed E-state index contributed by atoms with van der Waals surface area (Å²) in [6.07, 6.45) is 12.2. The molecule has 4 saturated carbocycles. The van der Waals surface area contributed by atoms with Crippen molar-refractivity contribution >= 4 is 10.4 Å². The van der Waals surface area contributed by atoms with Gasteiger partial charge in [0.25, 0.3) is 0 Å². The zero-order valence-electron chi connectivity index (χ0n) is 21.5. The minimum atomic E-state index is -4.43. The van der Waals surface area contributed by atoms with Crippen LogP contribution < -0.4 is 0 Å². The molecule has 0 radical (unpaired) electrons. The van der Waals surface area contributed by atoms with Gasteiger partial charge in [0.1, 0.15) is 0 Å². The van der Waals surface area contributed by atoms with Crippen molar-refractivity contribution in [3.63, 3.8) is 0 Å². The summed E-state index contributed by atoms with van der Waals surface area (Å²) in [5, 5.41) is 11.4. The molecule has 5 nitrogen and oxygen atoms in total. The van der Waals surface area contributed by atoms with E-state index < -0.39 is 16.5 Å². The first-order chi connectivity index (χ1) is 15.4. The molecular weight excluding hydrogens is 436 g/mol. The first-order valence-corrected chi connectivity index (χ1v) is 15.1. The maximum absolute atomic E-state index is 11.4. The van der Waals surface area contributed by atoms with Gasteiger partial charge in [-0.3, -0.25) is 4.55 Å². The normalized spacial score (nSPS) is 45.2. The Morgan fingerprint density at radius 1 is 0.939 bits per heavy atom. The Labute approximate surface area is 202 Å². The molecule has 1 unspecified atom stereocenters. The fourth-order valence-corrected chi connectivity index (χ4v) is 10.1. The Bertz CT molecular complexity index is 796. The van der Waals surface area contributed by atoms with Gasteiger partial charge in [0.15, 0.2) is 0 Å². The van der Waals surface area contributed by atoms with Crippen LogP contribution in [0.25, 0.3) is 0 Å². The molecule has 0 aromatic rings. The predicted molar refractivity (Wildman–Crippen MR) is 131 cm³/mol. The highest BCUT2D eigenvalue weighted by atomic mass is 32.3. The van der Waals surface area contributed by atoms with Gasteiger partial charge in [0.05, 0.1) is 12.2 Å². The van der Waals surface area contributed by atoms with Gasteiger partial charge in [-0.1, -0.05) is 47.5 Å². The second-order valence-corrected chi connectivity index (χ2v) is 14.2. The molecule has 0 heterocycles. The number of hydrogen-bond acceptors (Lipinski definition) is 4. The molecule has 4 aliphatic rings. The summed E-state index contributed by atoms with van der Waals surface area (Å²) >= 11 is 0. The van der Waals surface area contributed by atoms with Crippen molar-refractivity contribution in [3.8, 4) is 0 Å². The number of aliphatic hydroxyl groups is 1. The maximum atomic E-state index is 11.4. The lowest BCUT2D eigenvalue weighted by Gasteiger charge is -2.62. The van der Waals surface area contributed by atoms with Gasteiger partial charge in [-0.25, -0.2) is 4.18 Å². The summed E-state index contributed by atoms with van der Waals surface area (Å²) in [6.45, 7) is 11.3. The van der Waals surface area contributed by atoms with Gasteiger partial charge in [-0.2, -0.15) is 8.42 Å². The number of aliphatic hydroxyl groups excluding tert-OH is 1. The summed E-state index contributed by atoms with van der Waals surface area (Å²) in [5.74, 6) is 3.54. The summed E-state index contributed by atoms with van der Waals surface area (Å²) < 4.78 is 36.7. The van der Waals surface area contributed by atoms with Crippen molar-refractivity contribution in [3.05, 3.63) is 0 Å². The smallest absolute Gasteiger partial charge is 0.393 e. The molecule has 0 bridgehead atoms. The van der Waals surface area contributed by atoms with Crippen LogP contribution in [-0.2, 0) is 14.6 Å². The highest BCUT2D eigenvalue weighted by Gasteiger charge is 2.62. The Kier molecular flexibility index (Phi) is 7.35. The van der Waals surface area contributed by atoms with Crippen LogP contribution >= 0.6 is 0 Å². The molecule has 0 aromatic carbocycles. The summed E-state index contributed by atoms with van der Waals surface area (Å²) in [6, 6.07) is 0. The topological polar surface area (TPSA) is 83.8 Å². The van der Waals surface area contributed by atoms with Crippen LogP contribution in [0.3, 0.4) is 0 Å². The molecule has 192 valence electrons. The minimum Gasteiger partial charge on any atom is -0.393 e. The fraction of sp³-hybridized carbons (Fsp3) is 1.00. The van der Waals surface area contributed by atoms with E-state index in [1.807, 2.05) is 13.8 Å². The van der Waals surface area contributed by atoms with E-state index in [-0.39, 0.29) is 17.4 Å². The Morgan fingerprint density at radius 3 is 2.30 bits per heavy atom. The van der Waals surface area contributed by atoms with E-state index in [4.69, 9.17) is 4.18 Å². The Morgan fingerprint density at radius 2 is 1.64 bits per heavy atom. The van der Waals surface area contributed by atoms with Crippen LogP contribution in [0.2, 0.25) is 0 Å². The molecule has 0 spiro atoms. The van der Waals surface area contributed by atoms with Crippen LogP contribution in [-0.4, -0.2) is 30.3 Å². The molecule has 2 N–H and O–H groups in total. The summed E-state index contributed by atoms with van der Waals surface area (Å²) in [7, 11) is -4.43. The third-order valence-corrected chi connectivity index (χ3v) is 11.7. The molecule has 10 atom stereocenters. The van der Waals surface area contributed by atoms with Crippen LogP contribution in [0, 0.1) is 52.3 Å². The average molecular weight is 485 g/mol. The average Bonchev–Trinajstić information content (AvgIpc) is 3.07. The molecule has 4 fully saturated rings. The quantitative estimate of drug-likeness (QED) is 0.416. The molecule has 0 aliphatic heterocycles. The van der Waals surface area contributed by atoms with Crippen molar-refractivity contribution in [2.24, 2.45) is 52.3 Å². The van der Waals surface area contributed by atoms with Crippen LogP contribution in [0.15, 0.2) is 0 Å². The standard InChI is InChI=1S/C27H48O5S/c1-17(2)24(32-33(29,30)31)12-9-18(3)20-10-11-21-25-22(13-15-27(20,21)5)26(4)14-7-6-8-19(26)16-23(25)28/h17-25,28H,6-16H2,1-5H3,(H,29,30,31)/t18-,19-,20-,21+,22+,23-,24?,25+,26+,27-/m1/s1. The van der Waals surface area contributed by atoms with Crippen LogP contribution in [0.5, 0.6) is 0 Å². The molecule has 6 heteroatoms. The third-order valence-electron chi connectivity index (χ3n) is 11.3. The van der Waals surface area contributed by atoms with E-state index in [0.717, 1.165) is 12.8 Å². The highest BCUT2D eigenvalue weighted by Crippen LogP contribution is 2.68. The maximum Gasteiger partial charge on any atom is 0.397 e. The molecule has 4 aliphatic carbocycles. The van der Waals surface area contributed by atoms with Gasteiger partial charge in [0, 0.05) is 0 Å². The number of fused-ring (bicyclic) bond motifs is 5. The van der Waals surface area contributed by atoms with Crippen molar-refractivity contribution < 1.29 is 22.3 Å². The molecule has 0 aromatic heterocycles. The summed E-state index contributed by atoms with van der Waals surface area (Å²) in [4.78, 5) is 0. The number of rotatable bonds is 7. The highest BCUT2D eigenvalue weighted by molar-refractivity contribution is 7.80. The zero-order chi connectivity index (χ0) is 24.2. The third kappa shape index (κ3) is 4.80. The monoisotopic (exact) mass is 484 g/mol. The van der Waals surface area contributed by atoms with Gasteiger partial charge in [-0.15, -0.1) is 0 Å². The van der Waals surface area contributed by atoms with Gasteiger partial charge in [0.2, 0.25) is 0 Å². The zero-order valence-corrected chi connectivity index (χ0v) is 22.3. The molecule has 33 heavy (non-hydrogen) atoms. The molecular formula is C27H48O5S. The fourth-order valence-electron chi connectivity index (χ4n) is 9.51. The lowest BCUT2D eigenvalue weighted by Crippen LogP contribution is -2.57. The SMILES string of the molecule is CC(C)C(CC[C@@H](C)[C@H]1CC[C@H]2[C@@H]3[C@H](O)C[C@H]4CCCC[C@]4(C)[C@H]3CC[C@]12C)OS(=O)(=O)O. The largest absolute Gasteiger partial charge is 0.397 e. The first-order valence-electron chi connectivity index (χ1n) is 13.7. The summed E-state index contributed by atoms with van der Waals surface area (Å²) in [5.41, 5.74) is 0.682. The second-order valence-electron chi connectivity index (χ2n) is 13.1. The number of hydrogen-bond donors (Lipinski definition) is 2. The van der Waals surface area contributed by atoms with E-state index in [1.165, 1.54) is 51.4 Å². The van der Waals surface area contributed by atoms with Crippen LogP contribution in [0.4, 0.5) is 0 Å². The van der Waals surface area contributed by atoms with E-state index in [9.17, 15) is 18.1 Å².